The van der Waals surface area contributed by atoms with E-state index in [1.54, 1.807) is 16.9 Å². The van der Waals surface area contributed by atoms with E-state index in [9.17, 15) is 9.59 Å². The fourth-order valence-electron chi connectivity index (χ4n) is 5.73. The topological polar surface area (TPSA) is 74.9 Å². The van der Waals surface area contributed by atoms with Crippen molar-refractivity contribution in [2.45, 2.75) is 37.5 Å². The summed E-state index contributed by atoms with van der Waals surface area (Å²) in [5.41, 5.74) is 3.96. The predicted molar refractivity (Wildman–Crippen MR) is 123 cm³/mol. The molecule has 0 unspecified atom stereocenters. The number of hydrogen-bond acceptors (Lipinski definition) is 4. The van der Waals surface area contributed by atoms with E-state index >= 15 is 0 Å². The number of aromatic amines is 1. The van der Waals surface area contributed by atoms with Crippen LogP contribution in [0.25, 0.3) is 10.9 Å². The molecular weight excluding hydrogens is 418 g/mol. The second-order valence-corrected chi connectivity index (χ2v) is 9.08. The van der Waals surface area contributed by atoms with Crippen LogP contribution >= 0.6 is 0 Å². The number of amides is 2. The molecule has 3 aliphatic rings. The Kier molecular flexibility index (Phi) is 4.87. The van der Waals surface area contributed by atoms with Gasteiger partial charge in [0.1, 0.15) is 17.8 Å². The minimum Gasteiger partial charge on any atom is -0.496 e. The third kappa shape index (κ3) is 3.22. The molecule has 33 heavy (non-hydrogen) atoms. The quantitative estimate of drug-likeness (QED) is 0.670. The van der Waals surface area contributed by atoms with E-state index in [0.717, 1.165) is 47.2 Å². The Hall–Kier alpha value is -3.32. The molecule has 2 amide bonds. The lowest BCUT2D eigenvalue weighted by Crippen LogP contribution is -2.63. The summed E-state index contributed by atoms with van der Waals surface area (Å²) in [6, 6.07) is 14.9. The van der Waals surface area contributed by atoms with Crippen LogP contribution in [0, 0.1) is 0 Å². The molecule has 0 bridgehead atoms. The smallest absolute Gasteiger partial charge is 0.246 e. The van der Waals surface area contributed by atoms with Crippen LogP contribution in [0.5, 0.6) is 5.75 Å². The maximum absolute atomic E-state index is 13.7. The summed E-state index contributed by atoms with van der Waals surface area (Å²) in [4.78, 5) is 34.4. The molecule has 7 nitrogen and oxygen atoms in total. The predicted octanol–water partition coefficient (Wildman–Crippen LogP) is 3.04. The fraction of sp³-hybridized carbons (Fsp3) is 0.385. The fourth-order valence-corrected chi connectivity index (χ4v) is 5.73. The normalized spacial score (nSPS) is 24.8. The third-order valence-electron chi connectivity index (χ3n) is 7.22. The first-order valence-corrected chi connectivity index (χ1v) is 11.6. The van der Waals surface area contributed by atoms with Crippen molar-refractivity contribution in [2.75, 3.05) is 26.8 Å². The van der Waals surface area contributed by atoms with Gasteiger partial charge in [0.15, 0.2) is 0 Å². The average Bonchev–Trinajstić information content (AvgIpc) is 3.48. The minimum atomic E-state index is -0.547. The van der Waals surface area contributed by atoms with Crippen LogP contribution in [0.2, 0.25) is 0 Å². The zero-order chi connectivity index (χ0) is 22.5. The molecule has 0 spiro atoms. The van der Waals surface area contributed by atoms with Gasteiger partial charge in [-0.05, 0) is 30.5 Å². The highest BCUT2D eigenvalue weighted by molar-refractivity contribution is 5.97. The Morgan fingerprint density at radius 2 is 1.94 bits per heavy atom. The number of methoxy groups -OCH3 is 1. The molecule has 4 heterocycles. The minimum absolute atomic E-state index is 0.000860. The van der Waals surface area contributed by atoms with Gasteiger partial charge in [0, 0.05) is 41.7 Å². The summed E-state index contributed by atoms with van der Waals surface area (Å²) in [6.07, 6.45) is 2.45. The zero-order valence-corrected chi connectivity index (χ0v) is 18.6. The van der Waals surface area contributed by atoms with Gasteiger partial charge in [-0.25, -0.2) is 0 Å². The lowest BCUT2D eigenvalue weighted by molar-refractivity contribution is -0.160. The van der Waals surface area contributed by atoms with Crippen LogP contribution in [0.15, 0.2) is 48.5 Å². The molecule has 3 aliphatic heterocycles. The van der Waals surface area contributed by atoms with Gasteiger partial charge in [-0.15, -0.1) is 0 Å². The number of benzene rings is 2. The number of piperazine rings is 1. The third-order valence-corrected chi connectivity index (χ3v) is 7.22. The van der Waals surface area contributed by atoms with Crippen molar-refractivity contribution in [1.29, 1.82) is 0 Å². The van der Waals surface area contributed by atoms with Crippen LogP contribution in [0.4, 0.5) is 0 Å². The van der Waals surface area contributed by atoms with Crippen LogP contribution in [0.3, 0.4) is 0 Å². The average molecular weight is 446 g/mol. The van der Waals surface area contributed by atoms with Gasteiger partial charge in [-0.1, -0.05) is 36.4 Å². The number of nitrogens with one attached hydrogen (secondary N) is 1. The van der Waals surface area contributed by atoms with Crippen molar-refractivity contribution in [2.24, 2.45) is 0 Å². The van der Waals surface area contributed by atoms with Crippen molar-refractivity contribution in [1.82, 2.24) is 14.8 Å². The van der Waals surface area contributed by atoms with Crippen LogP contribution in [0.1, 0.15) is 35.7 Å². The lowest BCUT2D eigenvalue weighted by Gasteiger charge is -2.47. The Morgan fingerprint density at radius 1 is 1.12 bits per heavy atom. The largest absolute Gasteiger partial charge is 0.496 e. The molecule has 3 atom stereocenters. The number of H-pyrrole nitrogens is 1. The van der Waals surface area contributed by atoms with Crippen molar-refractivity contribution in [3.8, 4) is 5.75 Å². The first-order valence-electron chi connectivity index (χ1n) is 11.6. The van der Waals surface area contributed by atoms with Gasteiger partial charge in [0.25, 0.3) is 0 Å². The molecular formula is C26H27N3O4. The van der Waals surface area contributed by atoms with Crippen LogP contribution in [-0.2, 0) is 20.7 Å². The maximum atomic E-state index is 13.7. The van der Waals surface area contributed by atoms with E-state index in [2.05, 4.69) is 11.1 Å². The molecule has 0 saturated carbocycles. The molecule has 1 aromatic heterocycles. The number of ether oxygens (including phenoxy) is 2. The second-order valence-electron chi connectivity index (χ2n) is 9.08. The zero-order valence-electron chi connectivity index (χ0n) is 18.6. The molecule has 3 aromatic rings. The lowest BCUT2D eigenvalue weighted by atomic mass is 9.86. The van der Waals surface area contributed by atoms with E-state index < -0.39 is 12.1 Å². The Bertz CT molecular complexity index is 1230. The highest BCUT2D eigenvalue weighted by atomic mass is 16.5. The molecule has 1 N–H and O–H groups in total. The molecule has 7 heteroatoms. The van der Waals surface area contributed by atoms with Crippen molar-refractivity contribution in [3.05, 3.63) is 65.4 Å². The summed E-state index contributed by atoms with van der Waals surface area (Å²) in [5.74, 6) is 0.661. The van der Waals surface area contributed by atoms with Crippen LogP contribution in [-0.4, -0.2) is 65.6 Å². The first-order chi connectivity index (χ1) is 16.2. The van der Waals surface area contributed by atoms with Gasteiger partial charge >= 0.3 is 0 Å². The van der Waals surface area contributed by atoms with Gasteiger partial charge in [-0.2, -0.15) is 0 Å². The first kappa shape index (κ1) is 20.3. The molecule has 170 valence electrons. The number of hydrogen-bond donors (Lipinski definition) is 1. The standard InChI is InChI=1S/C26H27N3O4/c1-32-22-11-5-3-9-18(22)25-24-19(17-8-2-4-10-20(17)27-24)13-21-26(31)28(15-23(30)29(21)25)14-16-7-6-12-33-16/h2-5,8-11,16,21,25,27H,6-7,12-15H2,1H3/t16-,21+,25-/m1/s1. The monoisotopic (exact) mass is 445 g/mol. The van der Waals surface area contributed by atoms with Crippen molar-refractivity contribution < 1.29 is 19.1 Å². The number of rotatable bonds is 4. The number of nitrogens with zero attached hydrogens (tertiary/aromatic N) is 2. The summed E-state index contributed by atoms with van der Waals surface area (Å²) >= 11 is 0. The molecule has 0 aliphatic carbocycles. The molecule has 0 radical (unpaired) electrons. The van der Waals surface area contributed by atoms with E-state index in [1.807, 2.05) is 42.5 Å². The highest BCUT2D eigenvalue weighted by Crippen LogP contribution is 2.44. The van der Waals surface area contributed by atoms with Gasteiger partial charge in [0.2, 0.25) is 11.8 Å². The Labute approximate surface area is 192 Å². The number of carbonyl (C=O) groups is 2. The van der Waals surface area contributed by atoms with E-state index in [1.165, 1.54) is 0 Å². The summed E-state index contributed by atoms with van der Waals surface area (Å²) < 4.78 is 11.4. The summed E-state index contributed by atoms with van der Waals surface area (Å²) in [6.45, 7) is 1.29. The number of para-hydroxylation sites is 2. The van der Waals surface area contributed by atoms with E-state index in [4.69, 9.17) is 9.47 Å². The van der Waals surface area contributed by atoms with Crippen LogP contribution < -0.4 is 4.74 Å². The van der Waals surface area contributed by atoms with E-state index in [0.29, 0.717) is 18.7 Å². The van der Waals surface area contributed by atoms with Crippen molar-refractivity contribution >= 4 is 22.7 Å². The molecule has 2 aromatic carbocycles. The summed E-state index contributed by atoms with van der Waals surface area (Å²) in [7, 11) is 1.64. The number of fused-ring (bicyclic) bond motifs is 4. The van der Waals surface area contributed by atoms with Gasteiger partial charge in [-0.3, -0.25) is 9.59 Å². The molecule has 6 rings (SSSR count). The molecule has 2 fully saturated rings. The Morgan fingerprint density at radius 3 is 2.76 bits per heavy atom. The Balaban J connectivity index is 1.48. The van der Waals surface area contributed by atoms with Crippen molar-refractivity contribution in [3.63, 3.8) is 0 Å². The summed E-state index contributed by atoms with van der Waals surface area (Å²) in [5, 5.41) is 1.10. The second kappa shape index (κ2) is 7.92. The van der Waals surface area contributed by atoms with Gasteiger partial charge in [0.05, 0.1) is 19.8 Å². The number of aromatic nitrogens is 1. The van der Waals surface area contributed by atoms with E-state index in [-0.39, 0.29) is 24.5 Å². The SMILES string of the molecule is COc1ccccc1[C@@H]1c2[nH]c3ccccc3c2C[C@H]2C(=O)N(C[C@H]3CCCO3)CC(=O)N12. The molecule has 2 saturated heterocycles. The maximum Gasteiger partial charge on any atom is 0.246 e. The highest BCUT2D eigenvalue weighted by Gasteiger charge is 2.49. The number of carbonyl (C=O) groups excluding carboxylic acids is 2. The van der Waals surface area contributed by atoms with Gasteiger partial charge < -0.3 is 24.3 Å².